The highest BCUT2D eigenvalue weighted by molar-refractivity contribution is 5.58. The predicted octanol–water partition coefficient (Wildman–Crippen LogP) is 4.16. The number of aryl methyl sites for hydroxylation is 1. The van der Waals surface area contributed by atoms with Crippen LogP contribution in [-0.4, -0.2) is 23.1 Å². The zero-order valence-corrected chi connectivity index (χ0v) is 13.1. The van der Waals surface area contributed by atoms with Crippen molar-refractivity contribution < 1.29 is 0 Å². The molecule has 1 aromatic carbocycles. The minimum absolute atomic E-state index is 0.752. The number of nitrogens with zero attached hydrogens (tertiary/aromatic N) is 3. The lowest BCUT2D eigenvalue weighted by Gasteiger charge is -2.22. The summed E-state index contributed by atoms with van der Waals surface area (Å²) in [5.41, 5.74) is 2.10. The van der Waals surface area contributed by atoms with Crippen molar-refractivity contribution in [1.82, 2.24) is 9.97 Å². The van der Waals surface area contributed by atoms with Crippen molar-refractivity contribution in [2.24, 2.45) is 0 Å². The van der Waals surface area contributed by atoms with E-state index in [9.17, 15) is 0 Å². The standard InChI is InChI=1S/C17H24N4/c1-4-6-12-18-16-13-14(3)19-17(20-16)21(5-2)15-10-8-7-9-11-15/h7-11,13H,4-6,12H2,1-3H3,(H,18,19,20). The van der Waals surface area contributed by atoms with Crippen LogP contribution in [0.3, 0.4) is 0 Å². The van der Waals surface area contributed by atoms with Crippen LogP contribution >= 0.6 is 0 Å². The van der Waals surface area contributed by atoms with E-state index < -0.39 is 0 Å². The highest BCUT2D eigenvalue weighted by Crippen LogP contribution is 2.23. The van der Waals surface area contributed by atoms with Crippen LogP contribution in [0, 0.1) is 6.92 Å². The molecule has 2 aromatic rings. The molecule has 0 amide bonds. The first kappa shape index (κ1) is 15.3. The number of aromatic nitrogens is 2. The van der Waals surface area contributed by atoms with Gasteiger partial charge in [-0.15, -0.1) is 0 Å². The zero-order valence-electron chi connectivity index (χ0n) is 13.1. The fourth-order valence-electron chi connectivity index (χ4n) is 2.20. The van der Waals surface area contributed by atoms with Gasteiger partial charge in [-0.1, -0.05) is 31.5 Å². The number of benzene rings is 1. The molecule has 0 fully saturated rings. The summed E-state index contributed by atoms with van der Waals surface area (Å²) in [6.45, 7) is 8.09. The Hall–Kier alpha value is -2.10. The Bertz CT molecular complexity index is 554. The van der Waals surface area contributed by atoms with Gasteiger partial charge >= 0.3 is 0 Å². The van der Waals surface area contributed by atoms with E-state index in [1.165, 1.54) is 6.42 Å². The second-order valence-electron chi connectivity index (χ2n) is 5.05. The molecule has 4 heteroatoms. The summed E-state index contributed by atoms with van der Waals surface area (Å²) in [5.74, 6) is 1.66. The molecule has 4 nitrogen and oxygen atoms in total. The smallest absolute Gasteiger partial charge is 0.232 e. The number of hydrogen-bond acceptors (Lipinski definition) is 4. The molecule has 1 N–H and O–H groups in total. The number of nitrogens with one attached hydrogen (secondary N) is 1. The van der Waals surface area contributed by atoms with Crippen LogP contribution in [0.15, 0.2) is 36.4 Å². The Morgan fingerprint density at radius 2 is 1.86 bits per heavy atom. The van der Waals surface area contributed by atoms with E-state index in [2.05, 4.69) is 46.2 Å². The zero-order chi connectivity index (χ0) is 15.1. The topological polar surface area (TPSA) is 41.1 Å². The molecule has 0 bridgehead atoms. The molecule has 0 unspecified atom stereocenters. The van der Waals surface area contributed by atoms with Crippen LogP contribution < -0.4 is 10.2 Å². The lowest BCUT2D eigenvalue weighted by Crippen LogP contribution is -2.20. The van der Waals surface area contributed by atoms with Gasteiger partial charge in [-0.05, 0) is 32.4 Å². The minimum atomic E-state index is 0.752. The van der Waals surface area contributed by atoms with Gasteiger partial charge in [0, 0.05) is 30.5 Å². The molecular weight excluding hydrogens is 260 g/mol. The fourth-order valence-corrected chi connectivity index (χ4v) is 2.20. The molecule has 0 atom stereocenters. The van der Waals surface area contributed by atoms with Gasteiger partial charge in [0.15, 0.2) is 0 Å². The van der Waals surface area contributed by atoms with Crippen LogP contribution in [0.1, 0.15) is 32.4 Å². The summed E-state index contributed by atoms with van der Waals surface area (Å²) in [4.78, 5) is 11.4. The maximum atomic E-state index is 4.66. The lowest BCUT2D eigenvalue weighted by atomic mass is 10.3. The van der Waals surface area contributed by atoms with Gasteiger partial charge in [-0.2, -0.15) is 4.98 Å². The van der Waals surface area contributed by atoms with E-state index in [1.807, 2.05) is 31.2 Å². The second kappa shape index (κ2) is 7.62. The fraction of sp³-hybridized carbons (Fsp3) is 0.412. The van der Waals surface area contributed by atoms with Crippen molar-refractivity contribution in [3.63, 3.8) is 0 Å². The molecule has 112 valence electrons. The third kappa shape index (κ3) is 4.18. The van der Waals surface area contributed by atoms with Gasteiger partial charge in [0.05, 0.1) is 0 Å². The van der Waals surface area contributed by atoms with E-state index in [-0.39, 0.29) is 0 Å². The molecule has 1 heterocycles. The Morgan fingerprint density at radius 1 is 1.10 bits per heavy atom. The summed E-state index contributed by atoms with van der Waals surface area (Å²) >= 11 is 0. The number of hydrogen-bond donors (Lipinski definition) is 1. The third-order valence-corrected chi connectivity index (χ3v) is 3.30. The summed E-state index contributed by atoms with van der Waals surface area (Å²) < 4.78 is 0. The van der Waals surface area contributed by atoms with E-state index in [0.29, 0.717) is 0 Å². The van der Waals surface area contributed by atoms with Crippen LogP contribution in [-0.2, 0) is 0 Å². The van der Waals surface area contributed by atoms with Crippen molar-refractivity contribution >= 4 is 17.5 Å². The molecule has 0 spiro atoms. The maximum absolute atomic E-state index is 4.66. The normalized spacial score (nSPS) is 10.4. The molecule has 0 aliphatic heterocycles. The van der Waals surface area contributed by atoms with E-state index in [4.69, 9.17) is 0 Å². The first-order valence-corrected chi connectivity index (χ1v) is 7.66. The van der Waals surface area contributed by atoms with Crippen molar-refractivity contribution in [2.75, 3.05) is 23.3 Å². The SMILES string of the molecule is CCCCNc1cc(C)nc(N(CC)c2ccccc2)n1. The number of anilines is 3. The van der Waals surface area contributed by atoms with E-state index in [0.717, 1.165) is 42.7 Å². The summed E-state index contributed by atoms with van der Waals surface area (Å²) in [7, 11) is 0. The van der Waals surface area contributed by atoms with Crippen molar-refractivity contribution in [3.8, 4) is 0 Å². The maximum Gasteiger partial charge on any atom is 0.232 e. The molecular formula is C17H24N4. The number of unbranched alkanes of at least 4 members (excludes halogenated alkanes) is 1. The summed E-state index contributed by atoms with van der Waals surface area (Å²) in [5, 5.41) is 3.38. The van der Waals surface area contributed by atoms with Gasteiger partial charge in [0.1, 0.15) is 5.82 Å². The highest BCUT2D eigenvalue weighted by atomic mass is 15.3. The van der Waals surface area contributed by atoms with Crippen molar-refractivity contribution in [1.29, 1.82) is 0 Å². The van der Waals surface area contributed by atoms with Crippen LogP contribution in [0.5, 0.6) is 0 Å². The summed E-state index contributed by atoms with van der Waals surface area (Å²) in [6, 6.07) is 12.3. The van der Waals surface area contributed by atoms with Gasteiger partial charge in [0.2, 0.25) is 5.95 Å². The lowest BCUT2D eigenvalue weighted by molar-refractivity contribution is 0.828. The largest absolute Gasteiger partial charge is 0.370 e. The molecule has 1 aromatic heterocycles. The molecule has 0 saturated carbocycles. The Kier molecular flexibility index (Phi) is 5.55. The average molecular weight is 284 g/mol. The van der Waals surface area contributed by atoms with Crippen LogP contribution in [0.25, 0.3) is 0 Å². The minimum Gasteiger partial charge on any atom is -0.370 e. The van der Waals surface area contributed by atoms with Crippen molar-refractivity contribution in [2.45, 2.75) is 33.6 Å². The quantitative estimate of drug-likeness (QED) is 0.775. The van der Waals surface area contributed by atoms with Crippen molar-refractivity contribution in [3.05, 3.63) is 42.1 Å². The third-order valence-electron chi connectivity index (χ3n) is 3.30. The van der Waals surface area contributed by atoms with Crippen LogP contribution in [0.4, 0.5) is 17.5 Å². The molecule has 0 aliphatic rings. The van der Waals surface area contributed by atoms with Gasteiger partial charge in [-0.25, -0.2) is 4.98 Å². The molecule has 0 radical (unpaired) electrons. The Balaban J connectivity index is 2.25. The first-order valence-electron chi connectivity index (χ1n) is 7.66. The van der Waals surface area contributed by atoms with E-state index in [1.54, 1.807) is 0 Å². The average Bonchev–Trinajstić information content (AvgIpc) is 2.49. The predicted molar refractivity (Wildman–Crippen MR) is 89.3 cm³/mol. The second-order valence-corrected chi connectivity index (χ2v) is 5.05. The monoisotopic (exact) mass is 284 g/mol. The van der Waals surface area contributed by atoms with E-state index >= 15 is 0 Å². The van der Waals surface area contributed by atoms with Gasteiger partial charge in [0.25, 0.3) is 0 Å². The molecule has 0 saturated heterocycles. The Labute approximate surface area is 127 Å². The van der Waals surface area contributed by atoms with Crippen LogP contribution in [0.2, 0.25) is 0 Å². The van der Waals surface area contributed by atoms with Gasteiger partial charge < -0.3 is 10.2 Å². The number of rotatable bonds is 7. The Morgan fingerprint density at radius 3 is 2.52 bits per heavy atom. The first-order chi connectivity index (χ1) is 10.2. The highest BCUT2D eigenvalue weighted by Gasteiger charge is 2.11. The number of para-hydroxylation sites is 1. The van der Waals surface area contributed by atoms with Gasteiger partial charge in [-0.3, -0.25) is 0 Å². The molecule has 21 heavy (non-hydrogen) atoms. The summed E-state index contributed by atoms with van der Waals surface area (Å²) in [6.07, 6.45) is 2.32. The molecule has 0 aliphatic carbocycles. The molecule has 2 rings (SSSR count).